The van der Waals surface area contributed by atoms with E-state index in [-0.39, 0.29) is 11.8 Å². The quantitative estimate of drug-likeness (QED) is 0.277. The van der Waals surface area contributed by atoms with Gasteiger partial charge in [-0.05, 0) is 68.5 Å². The molecule has 6 heteroatoms. The number of carbonyl (C=O) groups excluding carboxylic acids is 1. The molecule has 1 aromatic heterocycles. The Bertz CT molecular complexity index is 996. The number of imidazole rings is 1. The molecule has 0 atom stereocenters. The first-order valence-electron chi connectivity index (χ1n) is 12.2. The minimum Gasteiger partial charge on any atom is -0.494 e. The van der Waals surface area contributed by atoms with Gasteiger partial charge in [0.2, 0.25) is 5.91 Å². The molecule has 0 saturated heterocycles. The van der Waals surface area contributed by atoms with E-state index in [2.05, 4.69) is 41.9 Å². The molecule has 2 aromatic carbocycles. The number of halogens is 1. The number of amides is 1. The number of aromatic nitrogens is 2. The highest BCUT2D eigenvalue weighted by molar-refractivity contribution is 6.30. The number of unbranched alkanes of at least 4 members (excludes halogenated alkanes) is 2. The van der Waals surface area contributed by atoms with E-state index in [1.54, 1.807) is 0 Å². The average molecular weight is 470 g/mol. The number of nitrogens with one attached hydrogen (secondary N) is 1. The summed E-state index contributed by atoms with van der Waals surface area (Å²) in [5, 5.41) is 3.80. The molecular formula is C27H36ClN3O2. The molecule has 0 bridgehead atoms. The van der Waals surface area contributed by atoms with Gasteiger partial charge in [-0.15, -0.1) is 0 Å². The van der Waals surface area contributed by atoms with E-state index < -0.39 is 0 Å². The van der Waals surface area contributed by atoms with Crippen LogP contribution in [0.1, 0.15) is 58.2 Å². The van der Waals surface area contributed by atoms with Crippen LogP contribution in [0.2, 0.25) is 5.02 Å². The maximum Gasteiger partial charge on any atom is 0.223 e. The van der Waals surface area contributed by atoms with E-state index in [1.165, 1.54) is 5.52 Å². The van der Waals surface area contributed by atoms with Gasteiger partial charge in [0.1, 0.15) is 11.6 Å². The lowest BCUT2D eigenvalue weighted by molar-refractivity contribution is -0.125. The molecule has 3 rings (SSSR count). The summed E-state index contributed by atoms with van der Waals surface area (Å²) in [6, 6.07) is 15.8. The highest BCUT2D eigenvalue weighted by atomic mass is 35.5. The van der Waals surface area contributed by atoms with Crippen molar-refractivity contribution in [3.05, 3.63) is 59.4 Å². The molecule has 0 spiro atoms. The summed E-state index contributed by atoms with van der Waals surface area (Å²) >= 11 is 5.94. The third-order valence-electron chi connectivity index (χ3n) is 6.07. The minimum absolute atomic E-state index is 0.147. The molecule has 33 heavy (non-hydrogen) atoms. The second-order valence-corrected chi connectivity index (χ2v) is 8.88. The third-order valence-corrected chi connectivity index (χ3v) is 6.33. The van der Waals surface area contributed by atoms with Crippen LogP contribution < -0.4 is 10.1 Å². The van der Waals surface area contributed by atoms with Gasteiger partial charge in [0, 0.05) is 30.5 Å². The van der Waals surface area contributed by atoms with Crippen molar-refractivity contribution in [2.75, 3.05) is 13.2 Å². The van der Waals surface area contributed by atoms with Crippen LogP contribution in [0.15, 0.2) is 48.5 Å². The van der Waals surface area contributed by atoms with Gasteiger partial charge in [0.15, 0.2) is 0 Å². The number of ether oxygens (including phenoxy) is 1. The van der Waals surface area contributed by atoms with E-state index in [9.17, 15) is 4.79 Å². The smallest absolute Gasteiger partial charge is 0.223 e. The van der Waals surface area contributed by atoms with Crippen molar-refractivity contribution in [2.45, 2.75) is 65.3 Å². The summed E-state index contributed by atoms with van der Waals surface area (Å²) in [5.74, 6) is 2.31. The van der Waals surface area contributed by atoms with Crippen LogP contribution in [0.25, 0.3) is 11.0 Å². The van der Waals surface area contributed by atoms with Crippen LogP contribution in [-0.4, -0.2) is 28.6 Å². The SMILES string of the molecule is CCC(CC)C(=O)NCCCCCc1nc2ccccc2n1CCCOc1ccc(Cl)cc1. The molecule has 1 N–H and O–H groups in total. The van der Waals surface area contributed by atoms with Crippen molar-refractivity contribution in [2.24, 2.45) is 5.92 Å². The predicted octanol–water partition coefficient (Wildman–Crippen LogP) is 6.42. The van der Waals surface area contributed by atoms with Crippen molar-refractivity contribution >= 4 is 28.5 Å². The zero-order valence-electron chi connectivity index (χ0n) is 19.9. The lowest BCUT2D eigenvalue weighted by Gasteiger charge is -2.13. The van der Waals surface area contributed by atoms with Crippen molar-refractivity contribution in [1.82, 2.24) is 14.9 Å². The molecule has 0 aliphatic heterocycles. The number of aryl methyl sites for hydroxylation is 2. The molecule has 5 nitrogen and oxygen atoms in total. The molecule has 0 saturated carbocycles. The first kappa shape index (κ1) is 25.1. The standard InChI is InChI=1S/C27H36ClN3O2/c1-3-21(4-2)27(32)29-18-9-5-6-13-26-30-24-11-7-8-12-25(24)31(26)19-10-20-33-23-16-14-22(28)15-17-23/h7-8,11-12,14-17,21H,3-6,9-10,13,18-20H2,1-2H3,(H,29,32). The summed E-state index contributed by atoms with van der Waals surface area (Å²) in [7, 11) is 0. The average Bonchev–Trinajstić information content (AvgIpc) is 3.18. The molecule has 0 fully saturated rings. The highest BCUT2D eigenvalue weighted by Gasteiger charge is 2.13. The zero-order valence-corrected chi connectivity index (χ0v) is 20.6. The van der Waals surface area contributed by atoms with Crippen molar-refractivity contribution in [3.63, 3.8) is 0 Å². The fourth-order valence-corrected chi connectivity index (χ4v) is 4.24. The summed E-state index contributed by atoms with van der Waals surface area (Å²) in [5.41, 5.74) is 2.22. The zero-order chi connectivity index (χ0) is 23.5. The summed E-state index contributed by atoms with van der Waals surface area (Å²) in [4.78, 5) is 17.0. The van der Waals surface area contributed by atoms with Crippen molar-refractivity contribution in [3.8, 4) is 5.75 Å². The summed E-state index contributed by atoms with van der Waals surface area (Å²) in [6.07, 6.45) is 6.79. The molecule has 0 radical (unpaired) electrons. The fourth-order valence-electron chi connectivity index (χ4n) is 4.11. The van der Waals surface area contributed by atoms with Gasteiger partial charge in [-0.25, -0.2) is 4.98 Å². The maximum atomic E-state index is 12.1. The van der Waals surface area contributed by atoms with Crippen molar-refractivity contribution in [1.29, 1.82) is 0 Å². The van der Waals surface area contributed by atoms with Crippen molar-refractivity contribution < 1.29 is 9.53 Å². The second-order valence-electron chi connectivity index (χ2n) is 8.44. The van der Waals surface area contributed by atoms with Gasteiger partial charge in [-0.3, -0.25) is 4.79 Å². The maximum absolute atomic E-state index is 12.1. The predicted molar refractivity (Wildman–Crippen MR) is 136 cm³/mol. The summed E-state index contributed by atoms with van der Waals surface area (Å²) < 4.78 is 8.19. The lowest BCUT2D eigenvalue weighted by Crippen LogP contribution is -2.30. The number of hydrogen-bond acceptors (Lipinski definition) is 3. The molecule has 0 aliphatic carbocycles. The van der Waals surface area contributed by atoms with Crippen LogP contribution in [0.5, 0.6) is 5.75 Å². The Morgan fingerprint density at radius 3 is 2.55 bits per heavy atom. The van der Waals surface area contributed by atoms with Crippen LogP contribution in [0.3, 0.4) is 0 Å². The number of nitrogens with zero attached hydrogens (tertiary/aromatic N) is 2. The largest absolute Gasteiger partial charge is 0.494 e. The Labute approximate surface area is 202 Å². The van der Waals surface area contributed by atoms with Gasteiger partial charge in [0.25, 0.3) is 0 Å². The van der Waals surface area contributed by atoms with Crippen LogP contribution in [0, 0.1) is 5.92 Å². The molecule has 1 heterocycles. The Kier molecular flexibility index (Phi) is 10.1. The van der Waals surface area contributed by atoms with Gasteiger partial charge >= 0.3 is 0 Å². The monoisotopic (exact) mass is 469 g/mol. The molecule has 3 aromatic rings. The Balaban J connectivity index is 1.47. The number of rotatable bonds is 14. The Hall–Kier alpha value is -2.53. The lowest BCUT2D eigenvalue weighted by atomic mass is 10.0. The molecule has 0 aliphatic rings. The second kappa shape index (κ2) is 13.2. The third kappa shape index (κ3) is 7.50. The number of carbonyl (C=O) groups is 1. The summed E-state index contributed by atoms with van der Waals surface area (Å²) in [6.45, 7) is 6.42. The fraction of sp³-hybridized carbons (Fsp3) is 0.481. The van der Waals surface area contributed by atoms with Gasteiger partial charge < -0.3 is 14.6 Å². The van der Waals surface area contributed by atoms with E-state index in [4.69, 9.17) is 21.3 Å². The first-order valence-corrected chi connectivity index (χ1v) is 12.6. The Morgan fingerprint density at radius 1 is 1.03 bits per heavy atom. The van der Waals surface area contributed by atoms with Gasteiger partial charge in [-0.2, -0.15) is 0 Å². The highest BCUT2D eigenvalue weighted by Crippen LogP contribution is 2.19. The van der Waals surface area contributed by atoms with E-state index >= 15 is 0 Å². The molecule has 178 valence electrons. The van der Waals surface area contributed by atoms with Crippen LogP contribution in [0.4, 0.5) is 0 Å². The molecule has 0 unspecified atom stereocenters. The van der Waals surface area contributed by atoms with E-state index in [1.807, 2.05) is 30.3 Å². The normalized spacial score (nSPS) is 11.3. The topological polar surface area (TPSA) is 56.2 Å². The van der Waals surface area contributed by atoms with Crippen LogP contribution in [-0.2, 0) is 17.8 Å². The minimum atomic E-state index is 0.147. The first-order chi connectivity index (χ1) is 16.1. The van der Waals surface area contributed by atoms with Crippen LogP contribution >= 0.6 is 11.6 Å². The number of hydrogen-bond donors (Lipinski definition) is 1. The Morgan fingerprint density at radius 2 is 1.79 bits per heavy atom. The molecular weight excluding hydrogens is 434 g/mol. The number of fused-ring (bicyclic) bond motifs is 1. The van der Waals surface area contributed by atoms with E-state index in [0.717, 1.165) is 75.1 Å². The molecule has 1 amide bonds. The van der Waals surface area contributed by atoms with Gasteiger partial charge in [0.05, 0.1) is 17.6 Å². The number of para-hydroxylation sites is 2. The van der Waals surface area contributed by atoms with E-state index in [0.29, 0.717) is 11.6 Å². The van der Waals surface area contributed by atoms with Gasteiger partial charge in [-0.1, -0.05) is 44.0 Å². The number of benzene rings is 2.